The third-order valence-electron chi connectivity index (χ3n) is 10.8. The zero-order valence-corrected chi connectivity index (χ0v) is 39.9. The van der Waals surface area contributed by atoms with Crippen molar-refractivity contribution in [3.05, 3.63) is 185 Å². The average molecular weight is 944 g/mol. The molecule has 11 heteroatoms. The third-order valence-corrected chi connectivity index (χ3v) is 10.8. The zero-order chi connectivity index (χ0) is 46.7. The predicted octanol–water partition coefficient (Wildman–Crippen LogP) is 15.7. The Bertz CT molecular complexity index is 2600. The molecule has 0 saturated carbocycles. The monoisotopic (exact) mass is 944 g/mol. The Kier molecular flexibility index (Phi) is 26.1. The van der Waals surface area contributed by atoms with Crippen LogP contribution in [0.25, 0.3) is 22.9 Å². The van der Waals surface area contributed by atoms with Gasteiger partial charge in [-0.05, 0) is 116 Å². The highest BCUT2D eigenvalue weighted by molar-refractivity contribution is 5.45. The Morgan fingerprint density at radius 3 is 1.16 bits per heavy atom. The molecule has 0 spiro atoms. The molecule has 1 N–H and O–H groups in total. The molecule has 0 atom stereocenters. The smallest absolute Gasteiger partial charge is 0.147 e. The third kappa shape index (κ3) is 17.2. The molecule has 8 rings (SSSR count). The molecule has 5 aromatic heterocycles. The predicted molar refractivity (Wildman–Crippen MR) is 292 cm³/mol. The molecule has 0 unspecified atom stereocenters. The minimum absolute atomic E-state index is 0. The second-order valence-electron chi connectivity index (χ2n) is 17.6. The first-order valence-electron chi connectivity index (χ1n) is 22.1. The maximum atomic E-state index is 13.9. The fourth-order valence-electron chi connectivity index (χ4n) is 6.86. The summed E-state index contributed by atoms with van der Waals surface area (Å²) in [6.45, 7) is 27.2. The number of hydrogen-bond donors (Lipinski definition) is 1. The molecule has 0 fully saturated rings. The lowest BCUT2D eigenvalue weighted by atomic mass is 10.00. The lowest BCUT2D eigenvalue weighted by Gasteiger charge is -2.12. The number of aliphatic hydroxyl groups is 1. The summed E-state index contributed by atoms with van der Waals surface area (Å²) in [7, 11) is 0. The fraction of sp³-hybridized carbons (Fsp3) is 0.397. The van der Waals surface area contributed by atoms with E-state index in [9.17, 15) is 9.50 Å². The highest BCUT2D eigenvalue weighted by Crippen LogP contribution is 2.24. The number of aryl methyl sites for hydroxylation is 5. The first-order valence-corrected chi connectivity index (χ1v) is 22.1. The van der Waals surface area contributed by atoms with Gasteiger partial charge in [-0.1, -0.05) is 129 Å². The molecular weight excluding hydrogens is 858 g/mol. The van der Waals surface area contributed by atoms with Gasteiger partial charge in [-0.15, -0.1) is 0 Å². The number of aliphatic hydroxyl groups excluding tert-OH is 1. The van der Waals surface area contributed by atoms with Crippen LogP contribution in [0.15, 0.2) is 123 Å². The summed E-state index contributed by atoms with van der Waals surface area (Å²) in [6, 6.07) is 22.3. The molecule has 0 radical (unpaired) electrons. The molecule has 0 aliphatic carbocycles. The van der Waals surface area contributed by atoms with Gasteiger partial charge in [0, 0.05) is 42.2 Å². The maximum absolute atomic E-state index is 13.9. The van der Waals surface area contributed by atoms with E-state index < -0.39 is 0 Å². The van der Waals surface area contributed by atoms with Crippen molar-refractivity contribution in [3.63, 3.8) is 0 Å². The van der Waals surface area contributed by atoms with Crippen molar-refractivity contribution < 1.29 is 9.50 Å². The van der Waals surface area contributed by atoms with Gasteiger partial charge in [-0.25, -0.2) is 29.3 Å². The summed E-state index contributed by atoms with van der Waals surface area (Å²) in [5, 5.41) is 9.46. The fourth-order valence-corrected chi connectivity index (χ4v) is 6.86. The molecular formula is C58H86FN9O. The quantitative estimate of drug-likeness (QED) is 0.155. The van der Waals surface area contributed by atoms with Crippen LogP contribution in [0.4, 0.5) is 4.39 Å². The van der Waals surface area contributed by atoms with E-state index >= 15 is 0 Å². The van der Waals surface area contributed by atoms with Gasteiger partial charge in [0.05, 0.1) is 59.7 Å². The van der Waals surface area contributed by atoms with E-state index in [2.05, 4.69) is 134 Å². The maximum Gasteiger partial charge on any atom is 0.147 e. The number of halogens is 1. The van der Waals surface area contributed by atoms with Crippen LogP contribution >= 0.6 is 0 Å². The van der Waals surface area contributed by atoms with E-state index in [0.717, 1.165) is 45.4 Å². The normalized spacial score (nSPS) is 10.2. The first-order chi connectivity index (χ1) is 30.4. The Hall–Kier alpha value is -6.46. The van der Waals surface area contributed by atoms with Gasteiger partial charge in [-0.3, -0.25) is 4.57 Å². The zero-order valence-electron chi connectivity index (χ0n) is 39.9. The van der Waals surface area contributed by atoms with Gasteiger partial charge >= 0.3 is 0 Å². The van der Waals surface area contributed by atoms with Gasteiger partial charge in [-0.2, -0.15) is 0 Å². The number of nitrogens with zero attached hydrogens (tertiary/aromatic N) is 9. The highest BCUT2D eigenvalue weighted by atomic mass is 19.1. The van der Waals surface area contributed by atoms with Crippen LogP contribution in [-0.4, -0.2) is 48.3 Å². The molecule has 0 aliphatic rings. The van der Waals surface area contributed by atoms with E-state index in [-0.39, 0.29) is 49.6 Å². The number of pyridine rings is 1. The van der Waals surface area contributed by atoms with Crippen molar-refractivity contribution in [3.8, 4) is 22.9 Å². The molecule has 5 heterocycles. The van der Waals surface area contributed by atoms with Crippen molar-refractivity contribution in [1.82, 2.24) is 43.2 Å². The number of benzene rings is 3. The summed E-state index contributed by atoms with van der Waals surface area (Å²) >= 11 is 0. The Labute approximate surface area is 416 Å². The molecule has 0 bridgehead atoms. The molecule has 69 heavy (non-hydrogen) atoms. The van der Waals surface area contributed by atoms with Gasteiger partial charge in [0.2, 0.25) is 0 Å². The second-order valence-corrected chi connectivity index (χ2v) is 17.6. The molecule has 3 aromatic carbocycles. The minimum atomic E-state index is -0.205. The Morgan fingerprint density at radius 1 is 0.435 bits per heavy atom. The molecule has 0 amide bonds. The van der Waals surface area contributed by atoms with Crippen LogP contribution in [0.5, 0.6) is 0 Å². The van der Waals surface area contributed by atoms with Crippen LogP contribution < -0.4 is 0 Å². The SMILES string of the molecule is C.C.C.C.C.Cc1cn(-c2ccc(C(C)C)cc2C)cn1.Cc1cn(-c2ccc(C(C)C)cc2CO)cn1.Cc1cn(-c2ccc(C(C)C)cc2F)cn1.Cc1cn(-c2ccc(C(C)C)cn2)cn1. The minimum Gasteiger partial charge on any atom is -0.392 e. The van der Waals surface area contributed by atoms with Gasteiger partial charge in [0.15, 0.2) is 0 Å². The van der Waals surface area contributed by atoms with Crippen LogP contribution in [0.1, 0.15) is 172 Å². The Morgan fingerprint density at radius 2 is 0.797 bits per heavy atom. The molecule has 8 aromatic rings. The van der Waals surface area contributed by atoms with Crippen LogP contribution in [0, 0.1) is 40.4 Å². The van der Waals surface area contributed by atoms with E-state index in [1.54, 1.807) is 35.7 Å². The summed E-state index contributed by atoms with van der Waals surface area (Å²) in [4.78, 5) is 21.1. The van der Waals surface area contributed by atoms with Crippen LogP contribution in [0.3, 0.4) is 0 Å². The van der Waals surface area contributed by atoms with E-state index in [0.29, 0.717) is 29.4 Å². The number of imidazole rings is 4. The lowest BCUT2D eigenvalue weighted by molar-refractivity contribution is 0.281. The molecule has 0 aliphatic heterocycles. The lowest BCUT2D eigenvalue weighted by Crippen LogP contribution is -2.00. The van der Waals surface area contributed by atoms with Crippen LogP contribution in [0.2, 0.25) is 0 Å². The standard InChI is InChI=1S/C14H18N2O.C14H18N2.C13H15FN2.C12H15N3.5CH4/c1-10(2)12-4-5-14(13(6-12)8-17)16-7-11(3)15-9-16;1-10(2)13-5-6-14(11(3)7-13)16-8-12(4)15-9-16;1-9(2)11-4-5-13(12(14)6-11)16-7-10(3)15-8-16;1-9(2)11-4-5-12(13-6-11)15-7-10(3)14-8-15;;;;;/h4-7,9-10,17H,8H2,1-3H3;5-10H,1-4H3;4-9H,1-3H3;4-9H,1-3H3;5*1H4. The summed E-state index contributed by atoms with van der Waals surface area (Å²) in [5.41, 5.74) is 13.8. The summed E-state index contributed by atoms with van der Waals surface area (Å²) < 4.78 is 21.5. The van der Waals surface area contributed by atoms with Gasteiger partial charge in [0.1, 0.15) is 18.0 Å². The molecule has 376 valence electrons. The van der Waals surface area contributed by atoms with Crippen LogP contribution in [-0.2, 0) is 6.61 Å². The van der Waals surface area contributed by atoms with E-state index in [1.807, 2.05) is 86.1 Å². The first kappa shape index (κ1) is 62.5. The van der Waals surface area contributed by atoms with Crippen molar-refractivity contribution in [1.29, 1.82) is 0 Å². The Balaban J connectivity index is 0.000000873. The average Bonchev–Trinajstić information content (AvgIpc) is 4.10. The molecule has 10 nitrogen and oxygen atoms in total. The van der Waals surface area contributed by atoms with Crippen molar-refractivity contribution in [2.45, 2.75) is 157 Å². The van der Waals surface area contributed by atoms with Crippen molar-refractivity contribution in [2.24, 2.45) is 0 Å². The van der Waals surface area contributed by atoms with E-state index in [4.69, 9.17) is 0 Å². The van der Waals surface area contributed by atoms with E-state index in [1.165, 1.54) is 27.9 Å². The van der Waals surface area contributed by atoms with Crippen molar-refractivity contribution >= 4 is 0 Å². The summed E-state index contributed by atoms with van der Waals surface area (Å²) in [5.74, 6) is 2.63. The topological polar surface area (TPSA) is 104 Å². The second kappa shape index (κ2) is 28.8. The van der Waals surface area contributed by atoms with Gasteiger partial charge in [0.25, 0.3) is 0 Å². The molecule has 0 saturated heterocycles. The largest absolute Gasteiger partial charge is 0.392 e. The number of aromatic nitrogens is 9. The number of hydrogen-bond acceptors (Lipinski definition) is 6. The van der Waals surface area contributed by atoms with Gasteiger partial charge < -0.3 is 18.8 Å². The summed E-state index contributed by atoms with van der Waals surface area (Å²) in [6.07, 6.45) is 16.8. The highest BCUT2D eigenvalue weighted by Gasteiger charge is 2.10. The van der Waals surface area contributed by atoms with Crippen molar-refractivity contribution in [2.75, 3.05) is 0 Å². The number of rotatable bonds is 9.